The van der Waals surface area contributed by atoms with Crippen LogP contribution in [0.25, 0.3) is 0 Å². The van der Waals surface area contributed by atoms with Gasteiger partial charge in [-0.25, -0.2) is 0 Å². The molecule has 0 nitrogen and oxygen atoms in total. The monoisotopic (exact) mass is 375 g/mol. The van der Waals surface area contributed by atoms with Crippen LogP contribution in [-0.4, -0.2) is 0 Å². The van der Waals surface area contributed by atoms with E-state index in [1.807, 2.05) is 0 Å². The van der Waals surface area contributed by atoms with Crippen molar-refractivity contribution in [3.8, 4) is 0 Å². The van der Waals surface area contributed by atoms with E-state index in [0.29, 0.717) is 0 Å². The molecule has 0 saturated heterocycles. The Bertz CT molecular complexity index is 838. The first-order valence-electron chi connectivity index (χ1n) is 9.67. The normalized spacial score (nSPS) is 12.4. The number of hydrogen-bond donors (Lipinski definition) is 0. The Morgan fingerprint density at radius 3 is 1.30 bits per heavy atom. The van der Waals surface area contributed by atoms with Gasteiger partial charge in [0.25, 0.3) is 0 Å². The molecule has 0 amide bonds. The third kappa shape index (κ3) is 4.65. The van der Waals surface area contributed by atoms with Crippen LogP contribution in [0.5, 0.6) is 0 Å². The van der Waals surface area contributed by atoms with E-state index in [2.05, 4.69) is 120 Å². The molecule has 0 radical (unpaired) electrons. The van der Waals surface area contributed by atoms with Gasteiger partial charge in [0.1, 0.15) is 0 Å². The molecule has 0 spiro atoms. The van der Waals surface area contributed by atoms with Gasteiger partial charge in [-0.3, -0.25) is 0 Å². The molecule has 27 heavy (non-hydrogen) atoms. The van der Waals surface area contributed by atoms with Gasteiger partial charge in [0.15, 0.2) is 14.7 Å². The fraction of sp³-hybridized carbons (Fsp3) is 0.308. The highest BCUT2D eigenvalue weighted by molar-refractivity contribution is 7.97. The summed E-state index contributed by atoms with van der Waals surface area (Å²) < 4.78 is 0. The SMILES string of the molecule is CC(C)(C)c1cccc([S+](c2ccccc2)c2cccc(C(C)(C)C)c2)c1. The maximum Gasteiger partial charge on any atom is 0.166 e. The lowest BCUT2D eigenvalue weighted by Gasteiger charge is -2.21. The predicted molar refractivity (Wildman–Crippen MR) is 119 cm³/mol. The highest BCUT2D eigenvalue weighted by atomic mass is 32.2. The molecule has 0 fully saturated rings. The van der Waals surface area contributed by atoms with Gasteiger partial charge in [0, 0.05) is 0 Å². The van der Waals surface area contributed by atoms with Crippen LogP contribution in [0.3, 0.4) is 0 Å². The third-order valence-electron chi connectivity index (χ3n) is 4.85. The van der Waals surface area contributed by atoms with Crippen LogP contribution < -0.4 is 0 Å². The molecule has 0 unspecified atom stereocenters. The number of benzene rings is 3. The number of hydrogen-bond acceptors (Lipinski definition) is 0. The van der Waals surface area contributed by atoms with Crippen LogP contribution in [-0.2, 0) is 21.7 Å². The van der Waals surface area contributed by atoms with Crippen LogP contribution in [0.2, 0.25) is 0 Å². The maximum absolute atomic E-state index is 2.40. The number of rotatable bonds is 3. The van der Waals surface area contributed by atoms with Crippen LogP contribution >= 0.6 is 0 Å². The zero-order valence-electron chi connectivity index (χ0n) is 17.4. The molecule has 3 aromatic rings. The Kier molecular flexibility index (Phi) is 5.53. The molecular formula is C26H31S+. The van der Waals surface area contributed by atoms with E-state index in [1.165, 1.54) is 25.8 Å². The second-order valence-electron chi connectivity index (χ2n) is 9.17. The van der Waals surface area contributed by atoms with Crippen molar-refractivity contribution in [3.63, 3.8) is 0 Å². The Morgan fingerprint density at radius 2 is 0.889 bits per heavy atom. The van der Waals surface area contributed by atoms with Gasteiger partial charge in [-0.15, -0.1) is 0 Å². The zero-order valence-corrected chi connectivity index (χ0v) is 18.2. The molecule has 0 aliphatic heterocycles. The maximum atomic E-state index is 2.40. The summed E-state index contributed by atoms with van der Waals surface area (Å²) >= 11 is 0. The Morgan fingerprint density at radius 1 is 0.481 bits per heavy atom. The minimum atomic E-state index is -0.105. The molecule has 0 heterocycles. The van der Waals surface area contributed by atoms with E-state index in [1.54, 1.807) is 0 Å². The molecule has 0 atom stereocenters. The second-order valence-corrected chi connectivity index (χ2v) is 11.2. The largest absolute Gasteiger partial charge is 0.166 e. The van der Waals surface area contributed by atoms with E-state index >= 15 is 0 Å². The van der Waals surface area contributed by atoms with Gasteiger partial charge in [0.05, 0.1) is 10.9 Å². The smallest absolute Gasteiger partial charge is 0.0619 e. The summed E-state index contributed by atoms with van der Waals surface area (Å²) in [6, 6.07) is 29.2. The van der Waals surface area contributed by atoms with E-state index in [0.717, 1.165) is 0 Å². The van der Waals surface area contributed by atoms with Gasteiger partial charge in [0.2, 0.25) is 0 Å². The van der Waals surface area contributed by atoms with Crippen molar-refractivity contribution in [2.45, 2.75) is 67.1 Å². The summed E-state index contributed by atoms with van der Waals surface area (Å²) in [6.45, 7) is 13.7. The Labute approximate surface area is 168 Å². The summed E-state index contributed by atoms with van der Waals surface area (Å²) in [6.07, 6.45) is 0. The summed E-state index contributed by atoms with van der Waals surface area (Å²) in [7, 11) is -0.105. The van der Waals surface area contributed by atoms with Crippen molar-refractivity contribution in [2.75, 3.05) is 0 Å². The molecule has 3 aromatic carbocycles. The average Bonchev–Trinajstić information content (AvgIpc) is 2.62. The standard InChI is InChI=1S/C26H31S/c1-25(2,3)20-12-10-16-23(18-20)27(22-14-8-7-9-15-22)24-17-11-13-21(19-24)26(4,5)6/h7-19H,1-6H3/q+1. The van der Waals surface area contributed by atoms with Gasteiger partial charge in [-0.1, -0.05) is 84.0 Å². The molecule has 0 saturated carbocycles. The van der Waals surface area contributed by atoms with Gasteiger partial charge < -0.3 is 0 Å². The van der Waals surface area contributed by atoms with Crippen molar-refractivity contribution in [1.82, 2.24) is 0 Å². The van der Waals surface area contributed by atoms with Crippen LogP contribution in [0.1, 0.15) is 52.7 Å². The van der Waals surface area contributed by atoms with E-state index in [4.69, 9.17) is 0 Å². The van der Waals surface area contributed by atoms with Gasteiger partial charge in [-0.05, 0) is 58.4 Å². The zero-order chi connectivity index (χ0) is 19.7. The van der Waals surface area contributed by atoms with E-state index in [-0.39, 0.29) is 21.7 Å². The van der Waals surface area contributed by atoms with E-state index in [9.17, 15) is 0 Å². The lowest BCUT2D eigenvalue weighted by Crippen LogP contribution is -2.14. The van der Waals surface area contributed by atoms with Crippen LogP contribution in [0.15, 0.2) is 93.5 Å². The molecule has 0 aromatic heterocycles. The van der Waals surface area contributed by atoms with Crippen molar-refractivity contribution in [3.05, 3.63) is 90.0 Å². The minimum Gasteiger partial charge on any atom is -0.0619 e. The molecule has 0 aliphatic carbocycles. The minimum absolute atomic E-state index is 0.105. The highest BCUT2D eigenvalue weighted by Gasteiger charge is 2.31. The van der Waals surface area contributed by atoms with Gasteiger partial charge >= 0.3 is 0 Å². The molecule has 0 aliphatic rings. The molecule has 0 bridgehead atoms. The molecule has 140 valence electrons. The summed E-state index contributed by atoms with van der Waals surface area (Å²) in [4.78, 5) is 4.15. The van der Waals surface area contributed by atoms with Crippen molar-refractivity contribution in [1.29, 1.82) is 0 Å². The highest BCUT2D eigenvalue weighted by Crippen LogP contribution is 2.35. The quantitative estimate of drug-likeness (QED) is 0.419. The Hall–Kier alpha value is -1.99. The first-order valence-corrected chi connectivity index (χ1v) is 10.9. The molecular weight excluding hydrogens is 344 g/mol. The lowest BCUT2D eigenvalue weighted by molar-refractivity contribution is 0.588. The van der Waals surface area contributed by atoms with E-state index < -0.39 is 0 Å². The first kappa shape index (κ1) is 19.8. The Balaban J connectivity index is 2.17. The van der Waals surface area contributed by atoms with Crippen molar-refractivity contribution in [2.24, 2.45) is 0 Å². The fourth-order valence-corrected chi connectivity index (χ4v) is 5.31. The lowest BCUT2D eigenvalue weighted by atomic mass is 9.87. The summed E-state index contributed by atoms with van der Waals surface area (Å²) in [5, 5.41) is 0. The van der Waals surface area contributed by atoms with Crippen molar-refractivity contribution >= 4 is 10.9 Å². The van der Waals surface area contributed by atoms with Gasteiger partial charge in [-0.2, -0.15) is 0 Å². The second kappa shape index (κ2) is 7.56. The molecule has 1 heteroatoms. The third-order valence-corrected chi connectivity index (χ3v) is 7.04. The predicted octanol–water partition coefficient (Wildman–Crippen LogP) is 7.38. The molecule has 3 rings (SSSR count). The summed E-state index contributed by atoms with van der Waals surface area (Å²) in [5.74, 6) is 0. The topological polar surface area (TPSA) is 0 Å². The van der Waals surface area contributed by atoms with Crippen LogP contribution in [0, 0.1) is 0 Å². The average molecular weight is 376 g/mol. The summed E-state index contributed by atoms with van der Waals surface area (Å²) in [5.41, 5.74) is 3.07. The van der Waals surface area contributed by atoms with Crippen LogP contribution in [0.4, 0.5) is 0 Å². The first-order chi connectivity index (χ1) is 12.7. The van der Waals surface area contributed by atoms with Crippen molar-refractivity contribution < 1.29 is 0 Å². The fourth-order valence-electron chi connectivity index (χ4n) is 3.14. The molecule has 0 N–H and O–H groups in total.